The summed E-state index contributed by atoms with van der Waals surface area (Å²) < 4.78 is 7.26. The number of fused-ring (bicyclic) bond motifs is 1. The van der Waals surface area contributed by atoms with Gasteiger partial charge in [-0.05, 0) is 13.8 Å². The topological polar surface area (TPSA) is 39.4 Å². The first kappa shape index (κ1) is 12.9. The molecule has 0 aliphatic rings. The van der Waals surface area contributed by atoms with Gasteiger partial charge in [-0.25, -0.2) is 4.98 Å². The minimum Gasteiger partial charge on any atom is -0.477 e. The minimum atomic E-state index is 0.502. The molecule has 0 radical (unpaired) electrons. The molecule has 0 spiro atoms. The van der Waals surface area contributed by atoms with Gasteiger partial charge in [0.25, 0.3) is 0 Å². The van der Waals surface area contributed by atoms with Crippen LogP contribution in [0.5, 0.6) is 5.88 Å². The lowest BCUT2D eigenvalue weighted by Gasteiger charge is -2.08. The van der Waals surface area contributed by atoms with E-state index in [1.807, 2.05) is 50.2 Å². The summed E-state index contributed by atoms with van der Waals surface area (Å²) in [7, 11) is 0. The van der Waals surface area contributed by atoms with Gasteiger partial charge >= 0.3 is 0 Å². The van der Waals surface area contributed by atoms with Gasteiger partial charge in [-0.15, -0.1) is 0 Å². The summed E-state index contributed by atoms with van der Waals surface area (Å²) >= 11 is 6.26. The van der Waals surface area contributed by atoms with E-state index in [4.69, 9.17) is 16.3 Å². The van der Waals surface area contributed by atoms with E-state index in [0.717, 1.165) is 22.6 Å². The van der Waals surface area contributed by atoms with Crippen LogP contribution in [0.3, 0.4) is 0 Å². The van der Waals surface area contributed by atoms with Gasteiger partial charge in [-0.3, -0.25) is 0 Å². The van der Waals surface area contributed by atoms with Crippen LogP contribution >= 0.6 is 11.6 Å². The van der Waals surface area contributed by atoms with Crippen molar-refractivity contribution in [3.63, 3.8) is 0 Å². The number of hydrogen-bond acceptors (Lipinski definition) is 3. The molecule has 0 unspecified atom stereocenters. The molecule has 3 aromatic rings. The third-order valence-electron chi connectivity index (χ3n) is 3.02. The molecule has 3 rings (SSSR count). The maximum absolute atomic E-state index is 6.26. The Morgan fingerprint density at radius 1 is 1.25 bits per heavy atom. The predicted octanol–water partition coefficient (Wildman–Crippen LogP) is 3.76. The SMILES string of the molecule is CCOc1c(Cl)c(C)nc2cc(-c3ccccc3)nn12. The summed E-state index contributed by atoms with van der Waals surface area (Å²) in [5.74, 6) is 0.541. The molecule has 0 aliphatic heterocycles. The van der Waals surface area contributed by atoms with Gasteiger partial charge in [0, 0.05) is 11.6 Å². The van der Waals surface area contributed by atoms with Gasteiger partial charge in [0.2, 0.25) is 5.88 Å². The zero-order valence-electron chi connectivity index (χ0n) is 11.3. The number of halogens is 1. The van der Waals surface area contributed by atoms with Crippen molar-refractivity contribution in [2.75, 3.05) is 6.61 Å². The molecule has 0 fully saturated rings. The second kappa shape index (κ2) is 5.13. The zero-order valence-corrected chi connectivity index (χ0v) is 12.1. The average Bonchev–Trinajstić information content (AvgIpc) is 2.88. The molecular weight excluding hydrogens is 274 g/mol. The fraction of sp³-hybridized carbons (Fsp3) is 0.200. The molecule has 5 heteroatoms. The molecule has 2 aromatic heterocycles. The standard InChI is InChI=1S/C15H14ClN3O/c1-3-20-15-14(16)10(2)17-13-9-12(18-19(13)15)11-7-5-4-6-8-11/h4-9H,3H2,1-2H3. The molecule has 0 bridgehead atoms. The van der Waals surface area contributed by atoms with Crippen molar-refractivity contribution in [2.45, 2.75) is 13.8 Å². The highest BCUT2D eigenvalue weighted by Crippen LogP contribution is 2.29. The van der Waals surface area contributed by atoms with Crippen molar-refractivity contribution in [3.05, 3.63) is 47.1 Å². The van der Waals surface area contributed by atoms with E-state index in [-0.39, 0.29) is 0 Å². The molecule has 0 atom stereocenters. The molecule has 20 heavy (non-hydrogen) atoms. The maximum Gasteiger partial charge on any atom is 0.237 e. The third kappa shape index (κ3) is 2.12. The lowest BCUT2D eigenvalue weighted by atomic mass is 10.2. The molecule has 0 aliphatic carbocycles. The van der Waals surface area contributed by atoms with Crippen molar-refractivity contribution in [2.24, 2.45) is 0 Å². The van der Waals surface area contributed by atoms with Crippen molar-refractivity contribution in [1.82, 2.24) is 14.6 Å². The molecule has 0 amide bonds. The minimum absolute atomic E-state index is 0.502. The number of nitrogens with zero attached hydrogens (tertiary/aromatic N) is 3. The number of rotatable bonds is 3. The average molecular weight is 288 g/mol. The summed E-state index contributed by atoms with van der Waals surface area (Å²) in [6.45, 7) is 4.30. The molecule has 102 valence electrons. The van der Waals surface area contributed by atoms with Crippen LogP contribution in [0.2, 0.25) is 5.02 Å². The normalized spacial score (nSPS) is 10.9. The Bertz CT molecular complexity index is 753. The summed E-state index contributed by atoms with van der Waals surface area (Å²) in [5.41, 5.74) is 3.35. The van der Waals surface area contributed by atoms with Crippen LogP contribution in [0, 0.1) is 6.92 Å². The lowest BCUT2D eigenvalue weighted by Crippen LogP contribution is -2.03. The predicted molar refractivity (Wildman–Crippen MR) is 79.3 cm³/mol. The van der Waals surface area contributed by atoms with Crippen molar-refractivity contribution >= 4 is 17.2 Å². The van der Waals surface area contributed by atoms with Crippen molar-refractivity contribution < 1.29 is 4.74 Å². The van der Waals surface area contributed by atoms with Gasteiger partial charge in [0.1, 0.15) is 5.02 Å². The fourth-order valence-electron chi connectivity index (χ4n) is 2.08. The second-order valence-corrected chi connectivity index (χ2v) is 4.79. The van der Waals surface area contributed by atoms with E-state index in [2.05, 4.69) is 10.1 Å². The molecular formula is C15H14ClN3O. The number of ether oxygens (including phenoxy) is 1. The summed E-state index contributed by atoms with van der Waals surface area (Å²) in [4.78, 5) is 4.45. The Kier molecular flexibility index (Phi) is 3.32. The van der Waals surface area contributed by atoms with Crippen LogP contribution in [0.25, 0.3) is 16.9 Å². The van der Waals surface area contributed by atoms with Crippen LogP contribution in [-0.4, -0.2) is 21.2 Å². The van der Waals surface area contributed by atoms with Crippen LogP contribution < -0.4 is 4.74 Å². The van der Waals surface area contributed by atoms with Crippen LogP contribution in [-0.2, 0) is 0 Å². The smallest absolute Gasteiger partial charge is 0.237 e. The monoisotopic (exact) mass is 287 g/mol. The highest BCUT2D eigenvalue weighted by Gasteiger charge is 2.15. The molecule has 0 saturated heterocycles. The van der Waals surface area contributed by atoms with Gasteiger partial charge in [-0.2, -0.15) is 9.61 Å². The first-order valence-corrected chi connectivity index (χ1v) is 6.82. The van der Waals surface area contributed by atoms with E-state index in [1.54, 1.807) is 4.52 Å². The van der Waals surface area contributed by atoms with E-state index in [0.29, 0.717) is 17.5 Å². The van der Waals surface area contributed by atoms with E-state index >= 15 is 0 Å². The fourth-order valence-corrected chi connectivity index (χ4v) is 2.26. The highest BCUT2D eigenvalue weighted by atomic mass is 35.5. The highest BCUT2D eigenvalue weighted by molar-refractivity contribution is 6.32. The maximum atomic E-state index is 6.26. The largest absolute Gasteiger partial charge is 0.477 e. The Morgan fingerprint density at radius 3 is 2.70 bits per heavy atom. The van der Waals surface area contributed by atoms with Gasteiger partial charge in [0.15, 0.2) is 5.65 Å². The Hall–Kier alpha value is -2.07. The number of aromatic nitrogens is 3. The van der Waals surface area contributed by atoms with Crippen LogP contribution in [0.1, 0.15) is 12.6 Å². The summed E-state index contributed by atoms with van der Waals surface area (Å²) in [5, 5.41) is 5.05. The number of aryl methyl sites for hydroxylation is 1. The van der Waals surface area contributed by atoms with Gasteiger partial charge in [0.05, 0.1) is 18.0 Å². The third-order valence-corrected chi connectivity index (χ3v) is 3.46. The summed E-state index contributed by atoms with van der Waals surface area (Å²) in [6, 6.07) is 11.9. The Balaban J connectivity index is 2.23. The number of hydrogen-bond donors (Lipinski definition) is 0. The second-order valence-electron chi connectivity index (χ2n) is 4.41. The van der Waals surface area contributed by atoms with E-state index in [1.165, 1.54) is 0 Å². The summed E-state index contributed by atoms with van der Waals surface area (Å²) in [6.07, 6.45) is 0. The van der Waals surface area contributed by atoms with Crippen molar-refractivity contribution in [1.29, 1.82) is 0 Å². The Labute approximate surface area is 122 Å². The van der Waals surface area contributed by atoms with Gasteiger partial charge < -0.3 is 4.74 Å². The molecule has 0 N–H and O–H groups in total. The first-order chi connectivity index (χ1) is 9.70. The number of benzene rings is 1. The molecule has 1 aromatic carbocycles. The first-order valence-electron chi connectivity index (χ1n) is 6.44. The lowest BCUT2D eigenvalue weighted by molar-refractivity contribution is 0.317. The molecule has 4 nitrogen and oxygen atoms in total. The quantitative estimate of drug-likeness (QED) is 0.736. The van der Waals surface area contributed by atoms with Crippen molar-refractivity contribution in [3.8, 4) is 17.1 Å². The zero-order chi connectivity index (χ0) is 14.1. The van der Waals surface area contributed by atoms with Gasteiger partial charge in [-0.1, -0.05) is 41.9 Å². The van der Waals surface area contributed by atoms with E-state index < -0.39 is 0 Å². The van der Waals surface area contributed by atoms with Crippen LogP contribution in [0.4, 0.5) is 0 Å². The Morgan fingerprint density at radius 2 is 2.00 bits per heavy atom. The molecule has 2 heterocycles. The van der Waals surface area contributed by atoms with E-state index in [9.17, 15) is 0 Å². The molecule has 0 saturated carbocycles. The van der Waals surface area contributed by atoms with Crippen LogP contribution in [0.15, 0.2) is 36.4 Å².